The first kappa shape index (κ1) is 21.1. The van der Waals surface area contributed by atoms with Gasteiger partial charge in [0.25, 0.3) is 5.91 Å². The minimum Gasteiger partial charge on any atom is -0.497 e. The number of hydrogen-bond donors (Lipinski definition) is 1. The van der Waals surface area contributed by atoms with Gasteiger partial charge in [-0.1, -0.05) is 26.0 Å². The Kier molecular flexibility index (Phi) is 6.15. The standard InChI is InChI=1S/C22H31N3O4/c1-15-11-16(2)13-24(12-15)19(26)14-25-20(27)22(3,23-21(25)28)10-9-17-5-7-18(29-4)8-6-17/h5-8,15-16H,9-14H2,1-4H3,(H,23,28). The zero-order valence-corrected chi connectivity index (χ0v) is 17.7. The minimum atomic E-state index is -1.00. The molecule has 3 atom stereocenters. The normalized spacial score (nSPS) is 27.2. The molecule has 2 heterocycles. The Morgan fingerprint density at radius 2 is 1.79 bits per heavy atom. The summed E-state index contributed by atoms with van der Waals surface area (Å²) in [6, 6.07) is 7.15. The van der Waals surface area contributed by atoms with Crippen molar-refractivity contribution in [2.75, 3.05) is 26.7 Å². The Labute approximate surface area is 172 Å². The van der Waals surface area contributed by atoms with Crippen LogP contribution in [0.4, 0.5) is 4.79 Å². The van der Waals surface area contributed by atoms with E-state index in [1.54, 1.807) is 18.9 Å². The van der Waals surface area contributed by atoms with Crippen molar-refractivity contribution in [3.05, 3.63) is 29.8 Å². The van der Waals surface area contributed by atoms with Crippen molar-refractivity contribution >= 4 is 17.8 Å². The molecule has 0 bridgehead atoms. The van der Waals surface area contributed by atoms with Crippen LogP contribution in [-0.2, 0) is 16.0 Å². The number of amides is 4. The summed E-state index contributed by atoms with van der Waals surface area (Å²) in [4.78, 5) is 41.0. The zero-order chi connectivity index (χ0) is 21.2. The Balaban J connectivity index is 1.61. The van der Waals surface area contributed by atoms with Gasteiger partial charge >= 0.3 is 6.03 Å². The van der Waals surface area contributed by atoms with Crippen LogP contribution in [0.1, 0.15) is 39.2 Å². The monoisotopic (exact) mass is 401 g/mol. The molecule has 1 aromatic carbocycles. The average Bonchev–Trinajstić information content (AvgIpc) is 2.89. The highest BCUT2D eigenvalue weighted by molar-refractivity contribution is 6.08. The second-order valence-electron chi connectivity index (χ2n) is 8.75. The number of methoxy groups -OCH3 is 1. The molecule has 2 aliphatic rings. The van der Waals surface area contributed by atoms with E-state index in [2.05, 4.69) is 19.2 Å². The number of hydrogen-bond acceptors (Lipinski definition) is 4. The highest BCUT2D eigenvalue weighted by atomic mass is 16.5. The molecule has 1 N–H and O–H groups in total. The van der Waals surface area contributed by atoms with Crippen molar-refractivity contribution < 1.29 is 19.1 Å². The van der Waals surface area contributed by atoms with Gasteiger partial charge < -0.3 is 15.0 Å². The first-order valence-electron chi connectivity index (χ1n) is 10.3. The van der Waals surface area contributed by atoms with Gasteiger partial charge in [-0.25, -0.2) is 4.79 Å². The molecule has 29 heavy (non-hydrogen) atoms. The summed E-state index contributed by atoms with van der Waals surface area (Å²) in [6.45, 7) is 7.15. The van der Waals surface area contributed by atoms with Gasteiger partial charge in [0.2, 0.25) is 5.91 Å². The fourth-order valence-electron chi connectivity index (χ4n) is 4.35. The molecule has 0 saturated carbocycles. The molecule has 158 valence electrons. The van der Waals surface area contributed by atoms with Crippen molar-refractivity contribution in [2.45, 2.75) is 45.6 Å². The van der Waals surface area contributed by atoms with Gasteiger partial charge in [-0.05, 0) is 55.7 Å². The zero-order valence-electron chi connectivity index (χ0n) is 17.7. The number of urea groups is 1. The quantitative estimate of drug-likeness (QED) is 0.743. The highest BCUT2D eigenvalue weighted by Gasteiger charge is 2.48. The topological polar surface area (TPSA) is 79.0 Å². The van der Waals surface area contributed by atoms with E-state index in [-0.39, 0.29) is 18.4 Å². The third-order valence-corrected chi connectivity index (χ3v) is 5.93. The summed E-state index contributed by atoms with van der Waals surface area (Å²) in [5.41, 5.74) is 0.0552. The van der Waals surface area contributed by atoms with Crippen LogP contribution in [0.25, 0.3) is 0 Å². The predicted octanol–water partition coefficient (Wildman–Crippen LogP) is 2.44. The number of likely N-dealkylation sites (tertiary alicyclic amines) is 1. The van der Waals surface area contributed by atoms with E-state index in [4.69, 9.17) is 4.74 Å². The number of nitrogens with zero attached hydrogens (tertiary/aromatic N) is 2. The third kappa shape index (κ3) is 4.71. The molecule has 1 aromatic rings. The second kappa shape index (κ2) is 8.43. The lowest BCUT2D eigenvalue weighted by molar-refractivity contribution is -0.140. The number of imide groups is 1. The van der Waals surface area contributed by atoms with E-state index in [1.807, 2.05) is 24.3 Å². The van der Waals surface area contributed by atoms with Crippen LogP contribution in [0.5, 0.6) is 5.75 Å². The van der Waals surface area contributed by atoms with Crippen LogP contribution in [0, 0.1) is 11.8 Å². The number of nitrogens with one attached hydrogen (secondary N) is 1. The molecule has 2 saturated heterocycles. The van der Waals surface area contributed by atoms with Crippen LogP contribution < -0.4 is 10.1 Å². The van der Waals surface area contributed by atoms with Crippen LogP contribution in [0.2, 0.25) is 0 Å². The molecule has 0 aromatic heterocycles. The average molecular weight is 402 g/mol. The van der Waals surface area contributed by atoms with E-state index < -0.39 is 11.6 Å². The van der Waals surface area contributed by atoms with Crippen molar-refractivity contribution in [3.8, 4) is 5.75 Å². The Morgan fingerprint density at radius 1 is 1.17 bits per heavy atom. The molecule has 7 nitrogen and oxygen atoms in total. The molecule has 2 fully saturated rings. The summed E-state index contributed by atoms with van der Waals surface area (Å²) >= 11 is 0. The fourth-order valence-corrected chi connectivity index (χ4v) is 4.35. The van der Waals surface area contributed by atoms with Crippen molar-refractivity contribution in [1.29, 1.82) is 0 Å². The number of ether oxygens (including phenoxy) is 1. The van der Waals surface area contributed by atoms with E-state index in [9.17, 15) is 14.4 Å². The summed E-state index contributed by atoms with van der Waals surface area (Å²) in [6.07, 6.45) is 2.19. The van der Waals surface area contributed by atoms with Gasteiger partial charge in [-0.3, -0.25) is 14.5 Å². The molecule has 3 unspecified atom stereocenters. The van der Waals surface area contributed by atoms with E-state index >= 15 is 0 Å². The van der Waals surface area contributed by atoms with Crippen LogP contribution in [-0.4, -0.2) is 59.9 Å². The highest BCUT2D eigenvalue weighted by Crippen LogP contribution is 2.25. The van der Waals surface area contributed by atoms with Gasteiger partial charge in [0, 0.05) is 13.1 Å². The molecule has 0 spiro atoms. The van der Waals surface area contributed by atoms with Crippen molar-refractivity contribution in [1.82, 2.24) is 15.1 Å². The van der Waals surface area contributed by atoms with Gasteiger partial charge in [-0.2, -0.15) is 0 Å². The smallest absolute Gasteiger partial charge is 0.325 e. The lowest BCUT2D eigenvalue weighted by atomic mass is 9.92. The SMILES string of the molecule is COc1ccc(CCC2(C)NC(=O)N(CC(=O)N3CC(C)CC(C)C3)C2=O)cc1. The Morgan fingerprint density at radius 3 is 2.38 bits per heavy atom. The Hall–Kier alpha value is -2.57. The Bertz CT molecular complexity index is 769. The lowest BCUT2D eigenvalue weighted by Crippen LogP contribution is -2.49. The summed E-state index contributed by atoms with van der Waals surface area (Å²) in [5.74, 6) is 1.14. The number of carbonyl (C=O) groups is 3. The molecule has 3 rings (SSSR count). The maximum absolute atomic E-state index is 13.0. The summed E-state index contributed by atoms with van der Waals surface area (Å²) in [7, 11) is 1.61. The molecule has 7 heteroatoms. The molecular formula is C22H31N3O4. The van der Waals surface area contributed by atoms with Crippen LogP contribution in [0.15, 0.2) is 24.3 Å². The third-order valence-electron chi connectivity index (χ3n) is 5.93. The predicted molar refractivity (Wildman–Crippen MR) is 109 cm³/mol. The van der Waals surface area contributed by atoms with Gasteiger partial charge in [0.1, 0.15) is 17.8 Å². The fraction of sp³-hybridized carbons (Fsp3) is 0.591. The van der Waals surface area contributed by atoms with Gasteiger partial charge in [-0.15, -0.1) is 0 Å². The van der Waals surface area contributed by atoms with Gasteiger partial charge in [0.15, 0.2) is 0 Å². The summed E-state index contributed by atoms with van der Waals surface area (Å²) in [5, 5.41) is 2.79. The summed E-state index contributed by atoms with van der Waals surface area (Å²) < 4.78 is 5.16. The second-order valence-corrected chi connectivity index (χ2v) is 8.75. The maximum atomic E-state index is 13.0. The number of piperidine rings is 1. The first-order valence-corrected chi connectivity index (χ1v) is 10.3. The number of benzene rings is 1. The lowest BCUT2D eigenvalue weighted by Gasteiger charge is -2.35. The number of carbonyl (C=O) groups excluding carboxylic acids is 3. The molecule has 0 aliphatic carbocycles. The molecular weight excluding hydrogens is 370 g/mol. The van der Waals surface area contributed by atoms with E-state index in [0.29, 0.717) is 37.8 Å². The molecule has 2 aliphatic heterocycles. The van der Waals surface area contributed by atoms with Gasteiger partial charge in [0.05, 0.1) is 7.11 Å². The van der Waals surface area contributed by atoms with Crippen molar-refractivity contribution in [3.63, 3.8) is 0 Å². The maximum Gasteiger partial charge on any atom is 0.325 e. The number of aryl methyl sites for hydroxylation is 1. The van der Waals surface area contributed by atoms with E-state index in [1.165, 1.54) is 0 Å². The van der Waals surface area contributed by atoms with Crippen LogP contribution in [0.3, 0.4) is 0 Å². The molecule has 0 radical (unpaired) electrons. The largest absolute Gasteiger partial charge is 0.497 e. The van der Waals surface area contributed by atoms with E-state index in [0.717, 1.165) is 22.6 Å². The first-order chi connectivity index (χ1) is 13.7. The van der Waals surface area contributed by atoms with Crippen LogP contribution >= 0.6 is 0 Å². The van der Waals surface area contributed by atoms with Crippen molar-refractivity contribution in [2.24, 2.45) is 11.8 Å². The molecule has 4 amide bonds. The number of rotatable bonds is 6. The minimum absolute atomic E-state index is 0.161.